The van der Waals surface area contributed by atoms with Gasteiger partial charge in [0.15, 0.2) is 0 Å². The SMILES string of the molecule is c1ccc(N2c3ccccc3C3(c4ccccc42)c2ccccc2N(c2ccc4c(c2)c2cccc5c6ccccc6n4c52)c2ccccc23)cc1. The summed E-state index contributed by atoms with van der Waals surface area (Å²) in [6, 6.07) is 69.5. The Hall–Kier alpha value is -6.84. The lowest BCUT2D eigenvalue weighted by molar-refractivity contribution is 0.719. The van der Waals surface area contributed by atoms with E-state index in [0.717, 1.165) is 11.4 Å². The van der Waals surface area contributed by atoms with Gasteiger partial charge in [0.1, 0.15) is 0 Å². The fraction of sp³-hybridized carbons (Fsp3) is 0.0204. The van der Waals surface area contributed by atoms with Crippen molar-refractivity contribution in [3.05, 3.63) is 210 Å². The van der Waals surface area contributed by atoms with E-state index in [9.17, 15) is 0 Å². The summed E-state index contributed by atoms with van der Waals surface area (Å²) in [5.41, 5.74) is 15.5. The predicted molar refractivity (Wildman–Crippen MR) is 216 cm³/mol. The number of rotatable bonds is 2. The molecule has 0 atom stereocenters. The first-order valence-corrected chi connectivity index (χ1v) is 18.0. The van der Waals surface area contributed by atoms with Gasteiger partial charge in [0, 0.05) is 32.9 Å². The Bertz CT molecular complexity index is 2950. The Labute approximate surface area is 301 Å². The van der Waals surface area contributed by atoms with Gasteiger partial charge in [-0.05, 0) is 82.9 Å². The molecule has 3 heteroatoms. The first kappa shape index (κ1) is 27.9. The summed E-state index contributed by atoms with van der Waals surface area (Å²) in [7, 11) is 0. The second-order valence-corrected chi connectivity index (χ2v) is 14.1. The maximum atomic E-state index is 2.50. The van der Waals surface area contributed by atoms with Crippen LogP contribution in [0.1, 0.15) is 22.3 Å². The lowest BCUT2D eigenvalue weighted by Gasteiger charge is -2.51. The number of anilines is 6. The van der Waals surface area contributed by atoms with Crippen LogP contribution in [0.25, 0.3) is 38.1 Å². The Morgan fingerprint density at radius 2 is 0.750 bits per heavy atom. The van der Waals surface area contributed by atoms with E-state index < -0.39 is 5.41 Å². The average molecular weight is 662 g/mol. The highest BCUT2D eigenvalue weighted by molar-refractivity contribution is 6.23. The highest BCUT2D eigenvalue weighted by atomic mass is 15.2. The predicted octanol–water partition coefficient (Wildman–Crippen LogP) is 12.8. The Kier molecular flexibility index (Phi) is 5.43. The molecular formula is C49H31N3. The van der Waals surface area contributed by atoms with Crippen molar-refractivity contribution in [3.8, 4) is 0 Å². The minimum Gasteiger partial charge on any atom is -0.310 e. The largest absolute Gasteiger partial charge is 0.310 e. The van der Waals surface area contributed by atoms with Crippen molar-refractivity contribution in [3.63, 3.8) is 0 Å². The molecule has 0 N–H and O–H groups in total. The molecule has 1 spiro atoms. The van der Waals surface area contributed by atoms with Crippen molar-refractivity contribution in [1.82, 2.24) is 4.40 Å². The molecule has 0 amide bonds. The van der Waals surface area contributed by atoms with Gasteiger partial charge in [0.25, 0.3) is 0 Å². The van der Waals surface area contributed by atoms with E-state index >= 15 is 0 Å². The molecule has 0 unspecified atom stereocenters. The van der Waals surface area contributed by atoms with Gasteiger partial charge in [-0.2, -0.15) is 0 Å². The highest BCUT2D eigenvalue weighted by Gasteiger charge is 2.51. The molecule has 52 heavy (non-hydrogen) atoms. The summed E-state index contributed by atoms with van der Waals surface area (Å²) >= 11 is 0. The third-order valence-electron chi connectivity index (χ3n) is 11.7. The van der Waals surface area contributed by atoms with Gasteiger partial charge < -0.3 is 14.2 Å². The van der Waals surface area contributed by atoms with E-state index in [0.29, 0.717) is 0 Å². The summed E-state index contributed by atoms with van der Waals surface area (Å²) in [4.78, 5) is 4.94. The number of benzene rings is 8. The van der Waals surface area contributed by atoms with E-state index in [1.807, 2.05) is 0 Å². The van der Waals surface area contributed by atoms with E-state index in [-0.39, 0.29) is 0 Å². The molecule has 2 aromatic heterocycles. The van der Waals surface area contributed by atoms with Crippen molar-refractivity contribution in [1.29, 1.82) is 0 Å². The molecule has 2 aliphatic heterocycles. The smallest absolute Gasteiger partial charge is 0.0782 e. The van der Waals surface area contributed by atoms with Gasteiger partial charge in [-0.3, -0.25) is 0 Å². The van der Waals surface area contributed by atoms with Crippen molar-refractivity contribution in [2.45, 2.75) is 5.41 Å². The minimum absolute atomic E-state index is 0.540. The molecule has 0 fully saturated rings. The Balaban J connectivity index is 1.15. The van der Waals surface area contributed by atoms with Gasteiger partial charge in [-0.25, -0.2) is 0 Å². The number of nitrogens with zero attached hydrogens (tertiary/aromatic N) is 3. The van der Waals surface area contributed by atoms with E-state index in [1.54, 1.807) is 0 Å². The molecule has 4 heterocycles. The molecule has 0 aliphatic carbocycles. The van der Waals surface area contributed by atoms with Gasteiger partial charge in [0.2, 0.25) is 0 Å². The zero-order valence-electron chi connectivity index (χ0n) is 28.2. The second kappa shape index (κ2) is 10.1. The fourth-order valence-corrected chi connectivity index (χ4v) is 9.77. The Morgan fingerprint density at radius 1 is 0.308 bits per heavy atom. The van der Waals surface area contributed by atoms with Crippen LogP contribution in [0.4, 0.5) is 34.1 Å². The summed E-state index contributed by atoms with van der Waals surface area (Å²) in [5.74, 6) is 0. The van der Waals surface area contributed by atoms with Gasteiger partial charge >= 0.3 is 0 Å². The topological polar surface area (TPSA) is 10.9 Å². The van der Waals surface area contributed by atoms with Crippen molar-refractivity contribution in [2.75, 3.05) is 9.80 Å². The molecule has 10 aromatic rings. The van der Waals surface area contributed by atoms with Crippen LogP contribution < -0.4 is 9.80 Å². The number of fused-ring (bicyclic) bond motifs is 14. The van der Waals surface area contributed by atoms with Crippen LogP contribution in [0.2, 0.25) is 0 Å². The zero-order valence-corrected chi connectivity index (χ0v) is 28.2. The molecular weight excluding hydrogens is 631 g/mol. The Morgan fingerprint density at radius 3 is 1.35 bits per heavy atom. The first-order chi connectivity index (χ1) is 25.8. The minimum atomic E-state index is -0.540. The van der Waals surface area contributed by atoms with Crippen LogP contribution in [0.3, 0.4) is 0 Å². The standard InChI is InChI=1S/C49H31N3/c1-2-15-32(16-3-1)50-44-25-10-5-20-38(44)49(39-21-6-11-26-45(39)50)40-22-7-12-27-46(40)51(47-28-13-8-23-41(47)49)33-29-30-43-37(31-33)36-19-14-18-35-34-17-4-9-24-42(34)52(43)48(35)36/h1-31H. The van der Waals surface area contributed by atoms with Gasteiger partial charge in [-0.1, -0.05) is 127 Å². The molecule has 12 rings (SSSR count). The van der Waals surface area contributed by atoms with Crippen LogP contribution in [-0.4, -0.2) is 4.40 Å². The third-order valence-corrected chi connectivity index (χ3v) is 11.7. The normalized spacial score (nSPS) is 14.2. The summed E-state index contributed by atoms with van der Waals surface area (Å²) < 4.78 is 2.46. The molecule has 0 bridgehead atoms. The number of para-hydroxylation sites is 7. The lowest BCUT2D eigenvalue weighted by Crippen LogP contribution is -2.41. The van der Waals surface area contributed by atoms with Crippen molar-refractivity contribution >= 4 is 72.2 Å². The monoisotopic (exact) mass is 661 g/mol. The maximum Gasteiger partial charge on any atom is 0.0782 e. The van der Waals surface area contributed by atoms with E-state index in [2.05, 4.69) is 202 Å². The van der Waals surface area contributed by atoms with Gasteiger partial charge in [-0.15, -0.1) is 0 Å². The third kappa shape index (κ3) is 3.36. The lowest BCUT2D eigenvalue weighted by atomic mass is 9.60. The zero-order chi connectivity index (χ0) is 34.0. The fourth-order valence-electron chi connectivity index (χ4n) is 9.77. The molecule has 0 saturated carbocycles. The van der Waals surface area contributed by atoms with E-state index in [1.165, 1.54) is 83.1 Å². The average Bonchev–Trinajstić information content (AvgIpc) is 3.73. The van der Waals surface area contributed by atoms with Crippen molar-refractivity contribution in [2.24, 2.45) is 0 Å². The maximum absolute atomic E-state index is 2.50. The van der Waals surface area contributed by atoms with Crippen LogP contribution in [-0.2, 0) is 5.41 Å². The number of aromatic nitrogens is 1. The highest BCUT2D eigenvalue weighted by Crippen LogP contribution is 2.64. The van der Waals surface area contributed by atoms with Crippen LogP contribution in [0, 0.1) is 0 Å². The van der Waals surface area contributed by atoms with Crippen LogP contribution >= 0.6 is 0 Å². The van der Waals surface area contributed by atoms with Crippen molar-refractivity contribution < 1.29 is 0 Å². The summed E-state index contributed by atoms with van der Waals surface area (Å²) in [6.07, 6.45) is 0. The first-order valence-electron chi connectivity index (χ1n) is 18.0. The summed E-state index contributed by atoms with van der Waals surface area (Å²) in [6.45, 7) is 0. The molecule has 0 saturated heterocycles. The van der Waals surface area contributed by atoms with Gasteiger partial charge in [0.05, 0.1) is 44.7 Å². The number of hydrogen-bond acceptors (Lipinski definition) is 2. The molecule has 2 aliphatic rings. The van der Waals surface area contributed by atoms with E-state index in [4.69, 9.17) is 0 Å². The van der Waals surface area contributed by atoms with Crippen LogP contribution in [0.15, 0.2) is 188 Å². The molecule has 0 radical (unpaired) electrons. The molecule has 242 valence electrons. The van der Waals surface area contributed by atoms with Crippen LogP contribution in [0.5, 0.6) is 0 Å². The number of hydrogen-bond donors (Lipinski definition) is 0. The quantitative estimate of drug-likeness (QED) is 0.183. The molecule has 8 aromatic carbocycles. The molecule has 3 nitrogen and oxygen atoms in total. The second-order valence-electron chi connectivity index (χ2n) is 14.1. The summed E-state index contributed by atoms with van der Waals surface area (Å²) in [5, 5.41) is 5.17.